The molecule has 1 amide bonds. The van der Waals surface area contributed by atoms with Crippen LogP contribution in [0.15, 0.2) is 78.9 Å². The minimum Gasteiger partial charge on any atom is -0.383 e. The molecule has 7 heteroatoms. The molecule has 0 aliphatic heterocycles. The normalized spacial score (nSPS) is 11.2. The van der Waals surface area contributed by atoms with E-state index < -0.39 is 10.1 Å². The van der Waals surface area contributed by atoms with Crippen LogP contribution in [0.2, 0.25) is 0 Å². The van der Waals surface area contributed by atoms with Gasteiger partial charge in [0.2, 0.25) is 0 Å². The molecular formula is C25H27NO5S. The first-order valence-electron chi connectivity index (χ1n) is 10.4. The lowest BCUT2D eigenvalue weighted by molar-refractivity contribution is 0.0680. The van der Waals surface area contributed by atoms with E-state index in [1.54, 1.807) is 30.2 Å². The Morgan fingerprint density at radius 3 is 2.25 bits per heavy atom. The number of nitrogens with zero attached hydrogens (tertiary/aromatic N) is 1. The molecule has 3 aromatic rings. The Labute approximate surface area is 189 Å². The van der Waals surface area contributed by atoms with Gasteiger partial charge in [0, 0.05) is 25.8 Å². The van der Waals surface area contributed by atoms with Gasteiger partial charge in [-0.2, -0.15) is 8.42 Å². The van der Waals surface area contributed by atoms with Crippen LogP contribution in [0.3, 0.4) is 0 Å². The highest BCUT2D eigenvalue weighted by atomic mass is 32.2. The number of hydrogen-bond donors (Lipinski definition) is 0. The number of amides is 1. The molecule has 0 aliphatic rings. The van der Waals surface area contributed by atoms with Gasteiger partial charge in [-0.3, -0.25) is 4.79 Å². The van der Waals surface area contributed by atoms with Gasteiger partial charge in [0.1, 0.15) is 5.75 Å². The molecule has 0 aliphatic carbocycles. The van der Waals surface area contributed by atoms with Gasteiger partial charge >= 0.3 is 10.1 Å². The predicted molar refractivity (Wildman–Crippen MR) is 125 cm³/mol. The lowest BCUT2D eigenvalue weighted by atomic mass is 10.0. The number of methoxy groups -OCH3 is 1. The number of benzene rings is 3. The first-order chi connectivity index (χ1) is 15.4. The fourth-order valence-electron chi connectivity index (χ4n) is 3.19. The zero-order valence-corrected chi connectivity index (χ0v) is 19.0. The van der Waals surface area contributed by atoms with Crippen molar-refractivity contribution in [1.29, 1.82) is 0 Å². The largest absolute Gasteiger partial charge is 0.383 e. The Morgan fingerprint density at radius 2 is 1.59 bits per heavy atom. The number of carbonyl (C=O) groups excluding carboxylic acids is 1. The van der Waals surface area contributed by atoms with Crippen LogP contribution in [0.4, 0.5) is 0 Å². The Balaban J connectivity index is 1.78. The van der Waals surface area contributed by atoms with Crippen LogP contribution in [0.25, 0.3) is 11.1 Å². The molecule has 0 fully saturated rings. The van der Waals surface area contributed by atoms with Crippen molar-refractivity contribution < 1.29 is 22.1 Å². The van der Waals surface area contributed by atoms with Crippen molar-refractivity contribution in [3.63, 3.8) is 0 Å². The predicted octanol–water partition coefficient (Wildman–Crippen LogP) is 4.37. The number of ether oxygens (including phenoxy) is 1. The summed E-state index contributed by atoms with van der Waals surface area (Å²) in [6.07, 6.45) is 0. The van der Waals surface area contributed by atoms with Gasteiger partial charge in [0.25, 0.3) is 5.91 Å². The molecule has 3 rings (SSSR count). The maximum Gasteiger partial charge on any atom is 0.308 e. The van der Waals surface area contributed by atoms with Crippen LogP contribution in [0, 0.1) is 0 Å². The fraction of sp³-hybridized carbons (Fsp3) is 0.240. The molecule has 0 saturated carbocycles. The molecule has 0 N–H and O–H groups in total. The van der Waals surface area contributed by atoms with Crippen LogP contribution in [0.1, 0.15) is 22.8 Å². The summed E-state index contributed by atoms with van der Waals surface area (Å²) in [5.74, 6) is -0.0147. The first kappa shape index (κ1) is 23.5. The van der Waals surface area contributed by atoms with Crippen molar-refractivity contribution in [1.82, 2.24) is 4.90 Å². The van der Waals surface area contributed by atoms with E-state index in [0.717, 1.165) is 16.7 Å². The molecule has 0 radical (unpaired) electrons. The zero-order chi connectivity index (χ0) is 23.0. The summed E-state index contributed by atoms with van der Waals surface area (Å²) in [6.45, 7) is 2.60. The minimum absolute atomic E-state index is 0.116. The summed E-state index contributed by atoms with van der Waals surface area (Å²) >= 11 is 0. The molecule has 168 valence electrons. The van der Waals surface area contributed by atoms with Crippen LogP contribution < -0.4 is 4.18 Å². The van der Waals surface area contributed by atoms with Gasteiger partial charge in [-0.05, 0) is 47.9 Å². The third-order valence-electron chi connectivity index (χ3n) is 4.94. The first-order valence-corrected chi connectivity index (χ1v) is 11.9. The minimum atomic E-state index is -3.62. The van der Waals surface area contributed by atoms with Crippen molar-refractivity contribution in [3.05, 3.63) is 90.0 Å². The molecule has 0 unspecified atom stereocenters. The average molecular weight is 454 g/mol. The number of carbonyl (C=O) groups is 1. The zero-order valence-electron chi connectivity index (χ0n) is 18.2. The average Bonchev–Trinajstić information content (AvgIpc) is 2.82. The summed E-state index contributed by atoms with van der Waals surface area (Å²) in [6, 6.07) is 24.2. The van der Waals surface area contributed by atoms with Gasteiger partial charge < -0.3 is 13.8 Å². The van der Waals surface area contributed by atoms with Crippen molar-refractivity contribution in [3.8, 4) is 16.9 Å². The standard InChI is InChI=1S/C25H27NO5S/c1-3-32(28,29)31-24-11-7-8-20(18-24)19-26(16-17-30-2)25(27)23-14-12-22(13-15-23)21-9-5-4-6-10-21/h4-15,18H,3,16-17,19H2,1-2H3. The molecule has 3 aromatic carbocycles. The van der Waals surface area contributed by atoms with E-state index in [-0.39, 0.29) is 17.4 Å². The monoisotopic (exact) mass is 453 g/mol. The second kappa shape index (κ2) is 10.9. The molecule has 32 heavy (non-hydrogen) atoms. The summed E-state index contributed by atoms with van der Waals surface area (Å²) in [7, 11) is -2.03. The second-order valence-electron chi connectivity index (χ2n) is 7.24. The van der Waals surface area contributed by atoms with Crippen molar-refractivity contribution in [2.75, 3.05) is 26.0 Å². The topological polar surface area (TPSA) is 72.9 Å². The fourth-order valence-corrected chi connectivity index (χ4v) is 3.71. The molecule has 0 heterocycles. The molecule has 0 aromatic heterocycles. The second-order valence-corrected chi connectivity index (χ2v) is 9.10. The van der Waals surface area contributed by atoms with E-state index in [2.05, 4.69) is 0 Å². The van der Waals surface area contributed by atoms with E-state index in [1.165, 1.54) is 6.92 Å². The Bertz CT molecular complexity index is 1130. The third-order valence-corrected chi connectivity index (χ3v) is 6.09. The van der Waals surface area contributed by atoms with Crippen molar-refractivity contribution in [2.45, 2.75) is 13.5 Å². The highest BCUT2D eigenvalue weighted by Crippen LogP contribution is 2.21. The van der Waals surface area contributed by atoms with E-state index >= 15 is 0 Å². The van der Waals surface area contributed by atoms with E-state index in [9.17, 15) is 13.2 Å². The highest BCUT2D eigenvalue weighted by molar-refractivity contribution is 7.87. The SMILES string of the molecule is CCS(=O)(=O)Oc1cccc(CN(CCOC)C(=O)c2ccc(-c3ccccc3)cc2)c1. The molecule has 6 nitrogen and oxygen atoms in total. The quantitative estimate of drug-likeness (QED) is 0.426. The Kier molecular flexibility index (Phi) is 8.03. The van der Waals surface area contributed by atoms with Crippen molar-refractivity contribution in [2.24, 2.45) is 0 Å². The number of hydrogen-bond acceptors (Lipinski definition) is 5. The summed E-state index contributed by atoms with van der Waals surface area (Å²) in [4.78, 5) is 14.9. The Morgan fingerprint density at radius 1 is 0.906 bits per heavy atom. The van der Waals surface area contributed by atoms with Crippen LogP contribution in [-0.2, 0) is 21.4 Å². The maximum atomic E-state index is 13.2. The number of rotatable bonds is 10. The maximum absolute atomic E-state index is 13.2. The van der Waals surface area contributed by atoms with E-state index in [0.29, 0.717) is 25.3 Å². The summed E-state index contributed by atoms with van der Waals surface area (Å²) < 4.78 is 33.8. The summed E-state index contributed by atoms with van der Waals surface area (Å²) in [5, 5.41) is 0. The smallest absolute Gasteiger partial charge is 0.308 e. The molecular weight excluding hydrogens is 426 g/mol. The van der Waals surface area contributed by atoms with Gasteiger partial charge in [0.15, 0.2) is 0 Å². The van der Waals surface area contributed by atoms with Crippen LogP contribution >= 0.6 is 0 Å². The molecule has 0 atom stereocenters. The summed E-state index contributed by atoms with van der Waals surface area (Å²) in [5.41, 5.74) is 3.45. The van der Waals surface area contributed by atoms with Crippen molar-refractivity contribution >= 4 is 16.0 Å². The van der Waals surface area contributed by atoms with E-state index in [1.807, 2.05) is 60.7 Å². The van der Waals surface area contributed by atoms with Gasteiger partial charge in [-0.15, -0.1) is 0 Å². The van der Waals surface area contributed by atoms with Crippen LogP contribution in [0.5, 0.6) is 5.75 Å². The molecule has 0 spiro atoms. The molecule has 0 saturated heterocycles. The van der Waals surface area contributed by atoms with Crippen LogP contribution in [-0.4, -0.2) is 45.2 Å². The van der Waals surface area contributed by atoms with Gasteiger partial charge in [-0.25, -0.2) is 0 Å². The Hall–Kier alpha value is -3.16. The lowest BCUT2D eigenvalue weighted by Gasteiger charge is -2.23. The third kappa shape index (κ3) is 6.42. The highest BCUT2D eigenvalue weighted by Gasteiger charge is 2.17. The van der Waals surface area contributed by atoms with E-state index in [4.69, 9.17) is 8.92 Å². The lowest BCUT2D eigenvalue weighted by Crippen LogP contribution is -2.33. The van der Waals surface area contributed by atoms with Gasteiger partial charge in [0.05, 0.1) is 12.4 Å². The van der Waals surface area contributed by atoms with Gasteiger partial charge in [-0.1, -0.05) is 54.6 Å². The molecule has 0 bridgehead atoms.